The number of anilines is 1. The van der Waals surface area contributed by atoms with Crippen molar-refractivity contribution in [2.75, 3.05) is 18.0 Å². The summed E-state index contributed by atoms with van der Waals surface area (Å²) in [5.74, 6) is 0. The summed E-state index contributed by atoms with van der Waals surface area (Å²) in [6.45, 7) is 2.25. The van der Waals surface area contributed by atoms with Crippen molar-refractivity contribution in [3.8, 4) is 6.07 Å². The van der Waals surface area contributed by atoms with E-state index in [0.717, 1.165) is 23.4 Å². The fourth-order valence-electron chi connectivity index (χ4n) is 1.91. The van der Waals surface area contributed by atoms with E-state index >= 15 is 0 Å². The second-order valence-electron chi connectivity index (χ2n) is 3.78. The summed E-state index contributed by atoms with van der Waals surface area (Å²) in [5.41, 5.74) is 2.01. The molecule has 0 saturated carbocycles. The van der Waals surface area contributed by atoms with Gasteiger partial charge in [0.15, 0.2) is 0 Å². The van der Waals surface area contributed by atoms with Crippen molar-refractivity contribution >= 4 is 27.1 Å². The second kappa shape index (κ2) is 3.25. The zero-order valence-corrected chi connectivity index (χ0v) is 9.05. The Labute approximate surface area is 92.4 Å². The van der Waals surface area contributed by atoms with Crippen LogP contribution < -0.4 is 4.90 Å². The molecule has 0 bridgehead atoms. The Balaban J connectivity index is 2.20. The summed E-state index contributed by atoms with van der Waals surface area (Å²) in [7, 11) is 0. The molecule has 2 aromatic rings. The summed E-state index contributed by atoms with van der Waals surface area (Å²) < 4.78 is 1.11. The Morgan fingerprint density at radius 2 is 2.20 bits per heavy atom. The molecule has 0 radical (unpaired) electrons. The maximum Gasteiger partial charge on any atom is 0.101 e. The molecule has 1 aromatic carbocycles. The molecular formula is C12H10N2S. The van der Waals surface area contributed by atoms with Crippen LogP contribution in [0.5, 0.6) is 0 Å². The molecule has 0 N–H and O–H groups in total. The van der Waals surface area contributed by atoms with Crippen molar-refractivity contribution in [3.05, 3.63) is 29.1 Å². The molecule has 1 saturated heterocycles. The highest BCUT2D eigenvalue weighted by atomic mass is 32.1. The largest absolute Gasteiger partial charge is 0.371 e. The van der Waals surface area contributed by atoms with Gasteiger partial charge in [0.25, 0.3) is 0 Å². The Bertz CT molecular complexity index is 546. The molecular weight excluding hydrogens is 204 g/mol. The Hall–Kier alpha value is -1.53. The van der Waals surface area contributed by atoms with Crippen LogP contribution >= 0.6 is 11.3 Å². The number of nitrogens with zero attached hydrogens (tertiary/aromatic N) is 2. The average Bonchev–Trinajstić information content (AvgIpc) is 2.61. The van der Waals surface area contributed by atoms with Crippen molar-refractivity contribution in [3.63, 3.8) is 0 Å². The summed E-state index contributed by atoms with van der Waals surface area (Å²) >= 11 is 1.64. The molecule has 0 atom stereocenters. The third kappa shape index (κ3) is 1.30. The second-order valence-corrected chi connectivity index (χ2v) is 4.70. The SMILES string of the molecule is N#Cc1cc(N2CCC2)cc2ccsc12. The number of hydrogen-bond donors (Lipinski definition) is 0. The quantitative estimate of drug-likeness (QED) is 0.729. The molecule has 0 spiro atoms. The molecule has 3 heteroatoms. The number of fused-ring (bicyclic) bond motifs is 1. The molecule has 2 heterocycles. The topological polar surface area (TPSA) is 27.0 Å². The maximum absolute atomic E-state index is 9.09. The lowest BCUT2D eigenvalue weighted by Crippen LogP contribution is -2.36. The van der Waals surface area contributed by atoms with Crippen molar-refractivity contribution < 1.29 is 0 Å². The molecule has 74 valence electrons. The molecule has 1 aliphatic rings. The highest BCUT2D eigenvalue weighted by Gasteiger charge is 2.16. The minimum absolute atomic E-state index is 0.810. The Morgan fingerprint density at radius 1 is 1.33 bits per heavy atom. The maximum atomic E-state index is 9.09. The summed E-state index contributed by atoms with van der Waals surface area (Å²) in [5, 5.41) is 12.3. The van der Waals surface area contributed by atoms with E-state index in [9.17, 15) is 0 Å². The molecule has 1 aromatic heterocycles. The smallest absolute Gasteiger partial charge is 0.101 e. The van der Waals surface area contributed by atoms with E-state index in [1.165, 1.54) is 17.5 Å². The minimum atomic E-state index is 0.810. The number of nitriles is 1. The van der Waals surface area contributed by atoms with E-state index in [4.69, 9.17) is 5.26 Å². The van der Waals surface area contributed by atoms with Crippen LogP contribution in [0.15, 0.2) is 23.6 Å². The van der Waals surface area contributed by atoms with E-state index in [-0.39, 0.29) is 0 Å². The van der Waals surface area contributed by atoms with E-state index in [0.29, 0.717) is 0 Å². The standard InChI is InChI=1S/C12H10N2S/c13-8-10-7-11(14-3-1-4-14)6-9-2-5-15-12(9)10/h2,5-7H,1,3-4H2. The summed E-state index contributed by atoms with van der Waals surface area (Å²) in [6, 6.07) is 8.57. The third-order valence-corrected chi connectivity index (χ3v) is 3.84. The predicted molar refractivity (Wildman–Crippen MR) is 63.4 cm³/mol. The zero-order chi connectivity index (χ0) is 10.3. The van der Waals surface area contributed by atoms with Gasteiger partial charge in [-0.2, -0.15) is 5.26 Å². The van der Waals surface area contributed by atoms with Gasteiger partial charge in [0.05, 0.1) is 10.3 Å². The molecule has 2 nitrogen and oxygen atoms in total. The molecule has 3 rings (SSSR count). The highest BCUT2D eigenvalue weighted by molar-refractivity contribution is 7.17. The first kappa shape index (κ1) is 8.75. The van der Waals surface area contributed by atoms with Gasteiger partial charge >= 0.3 is 0 Å². The minimum Gasteiger partial charge on any atom is -0.371 e. The normalized spacial score (nSPS) is 15.0. The van der Waals surface area contributed by atoms with Crippen LogP contribution in [0.3, 0.4) is 0 Å². The predicted octanol–water partition coefficient (Wildman–Crippen LogP) is 2.98. The average molecular weight is 214 g/mol. The summed E-state index contributed by atoms with van der Waals surface area (Å²) in [6.07, 6.45) is 1.27. The molecule has 1 fully saturated rings. The van der Waals surface area contributed by atoms with E-state index < -0.39 is 0 Å². The van der Waals surface area contributed by atoms with Crippen LogP contribution in [0, 0.1) is 11.3 Å². The van der Waals surface area contributed by atoms with Gasteiger partial charge in [-0.3, -0.25) is 0 Å². The van der Waals surface area contributed by atoms with Gasteiger partial charge in [-0.25, -0.2) is 0 Å². The highest BCUT2D eigenvalue weighted by Crippen LogP contribution is 2.31. The van der Waals surface area contributed by atoms with Gasteiger partial charge < -0.3 is 4.90 Å². The molecule has 0 aliphatic carbocycles. The number of rotatable bonds is 1. The third-order valence-electron chi connectivity index (χ3n) is 2.88. The van der Waals surface area contributed by atoms with E-state index in [2.05, 4.69) is 23.1 Å². The van der Waals surface area contributed by atoms with Crippen LogP contribution in [-0.4, -0.2) is 13.1 Å². The fraction of sp³-hybridized carbons (Fsp3) is 0.250. The Kier molecular flexibility index (Phi) is 1.90. The van der Waals surface area contributed by atoms with Gasteiger partial charge in [0.1, 0.15) is 6.07 Å². The van der Waals surface area contributed by atoms with Gasteiger partial charge in [-0.05, 0) is 35.4 Å². The monoisotopic (exact) mass is 214 g/mol. The first-order chi connectivity index (χ1) is 7.38. The lowest BCUT2D eigenvalue weighted by Gasteiger charge is -2.33. The zero-order valence-electron chi connectivity index (χ0n) is 8.23. The van der Waals surface area contributed by atoms with Gasteiger partial charge in [0, 0.05) is 18.8 Å². The van der Waals surface area contributed by atoms with Crippen LogP contribution in [-0.2, 0) is 0 Å². The lowest BCUT2D eigenvalue weighted by atomic mass is 10.1. The lowest BCUT2D eigenvalue weighted by molar-refractivity contribution is 0.618. The van der Waals surface area contributed by atoms with Gasteiger partial charge in [-0.15, -0.1) is 11.3 Å². The van der Waals surface area contributed by atoms with Crippen LogP contribution in [0.1, 0.15) is 12.0 Å². The van der Waals surface area contributed by atoms with Crippen molar-refractivity contribution in [2.24, 2.45) is 0 Å². The number of benzene rings is 1. The van der Waals surface area contributed by atoms with E-state index in [1.54, 1.807) is 11.3 Å². The van der Waals surface area contributed by atoms with Gasteiger partial charge in [0.2, 0.25) is 0 Å². The first-order valence-electron chi connectivity index (χ1n) is 5.05. The van der Waals surface area contributed by atoms with Gasteiger partial charge in [-0.1, -0.05) is 0 Å². The van der Waals surface area contributed by atoms with Crippen molar-refractivity contribution in [1.82, 2.24) is 0 Å². The number of thiophene rings is 1. The van der Waals surface area contributed by atoms with Crippen LogP contribution in [0.25, 0.3) is 10.1 Å². The molecule has 1 aliphatic heterocycles. The Morgan fingerprint density at radius 3 is 2.87 bits per heavy atom. The fourth-order valence-corrected chi connectivity index (χ4v) is 2.75. The molecule has 15 heavy (non-hydrogen) atoms. The molecule has 0 unspecified atom stereocenters. The van der Waals surface area contributed by atoms with Crippen LogP contribution in [0.4, 0.5) is 5.69 Å². The van der Waals surface area contributed by atoms with Crippen LogP contribution in [0.2, 0.25) is 0 Å². The number of hydrogen-bond acceptors (Lipinski definition) is 3. The van der Waals surface area contributed by atoms with Crippen molar-refractivity contribution in [1.29, 1.82) is 5.26 Å². The van der Waals surface area contributed by atoms with Crippen molar-refractivity contribution in [2.45, 2.75) is 6.42 Å². The first-order valence-corrected chi connectivity index (χ1v) is 5.93. The summed E-state index contributed by atoms with van der Waals surface area (Å²) in [4.78, 5) is 2.32. The van der Waals surface area contributed by atoms with E-state index in [1.807, 2.05) is 11.4 Å². The molecule has 0 amide bonds.